The van der Waals surface area contributed by atoms with Crippen molar-refractivity contribution >= 4 is 0 Å². The maximum absolute atomic E-state index is 13.9. The highest BCUT2D eigenvalue weighted by atomic mass is 19.1. The Kier molecular flexibility index (Phi) is 4.30. The first-order valence-corrected chi connectivity index (χ1v) is 6.51. The molecule has 2 rings (SSSR count). The third-order valence-electron chi connectivity index (χ3n) is 3.78. The Hall–Kier alpha value is -1.00. The summed E-state index contributed by atoms with van der Waals surface area (Å²) in [5.74, 6) is -0.327. The number of likely N-dealkylation sites (tertiary alicyclic amines) is 1. The van der Waals surface area contributed by atoms with Gasteiger partial charge < -0.3 is 5.32 Å². The highest BCUT2D eigenvalue weighted by molar-refractivity contribution is 5.24. The summed E-state index contributed by atoms with van der Waals surface area (Å²) in [7, 11) is 1.90. The van der Waals surface area contributed by atoms with Gasteiger partial charge in [-0.25, -0.2) is 8.78 Å². The van der Waals surface area contributed by atoms with Crippen molar-refractivity contribution in [2.45, 2.75) is 19.4 Å². The minimum Gasteiger partial charge on any atom is -0.319 e. The predicted molar refractivity (Wildman–Crippen MR) is 68.4 cm³/mol. The molecule has 18 heavy (non-hydrogen) atoms. The molecule has 0 aliphatic carbocycles. The van der Waals surface area contributed by atoms with E-state index in [9.17, 15) is 8.78 Å². The van der Waals surface area contributed by atoms with Crippen molar-refractivity contribution < 1.29 is 8.78 Å². The van der Waals surface area contributed by atoms with Gasteiger partial charge in [0.1, 0.15) is 11.6 Å². The fourth-order valence-electron chi connectivity index (χ4n) is 2.95. The molecule has 1 fully saturated rings. The average molecular weight is 254 g/mol. The fourth-order valence-corrected chi connectivity index (χ4v) is 2.95. The molecule has 4 heteroatoms. The first-order chi connectivity index (χ1) is 8.67. The monoisotopic (exact) mass is 254 g/mol. The molecule has 1 aliphatic rings. The van der Waals surface area contributed by atoms with E-state index in [1.807, 2.05) is 7.05 Å². The third-order valence-corrected chi connectivity index (χ3v) is 3.78. The summed E-state index contributed by atoms with van der Waals surface area (Å²) < 4.78 is 27.3. The van der Waals surface area contributed by atoms with Gasteiger partial charge >= 0.3 is 0 Å². The molecule has 2 unspecified atom stereocenters. The molecule has 1 heterocycles. The van der Waals surface area contributed by atoms with E-state index in [2.05, 4.69) is 17.1 Å². The summed E-state index contributed by atoms with van der Waals surface area (Å²) in [6.45, 7) is 4.70. The van der Waals surface area contributed by atoms with Crippen LogP contribution in [0.3, 0.4) is 0 Å². The fraction of sp³-hybridized carbons (Fsp3) is 0.571. The molecule has 1 aliphatic heterocycles. The Bertz CT molecular complexity index is 409. The molecule has 0 aromatic heterocycles. The van der Waals surface area contributed by atoms with Crippen molar-refractivity contribution in [2.24, 2.45) is 5.92 Å². The zero-order valence-electron chi connectivity index (χ0n) is 10.9. The summed E-state index contributed by atoms with van der Waals surface area (Å²) in [5, 5.41) is 3.15. The van der Waals surface area contributed by atoms with Crippen LogP contribution in [0.4, 0.5) is 8.78 Å². The second-order valence-corrected chi connectivity index (χ2v) is 4.85. The van der Waals surface area contributed by atoms with Crippen molar-refractivity contribution in [3.63, 3.8) is 0 Å². The number of benzene rings is 1. The van der Waals surface area contributed by atoms with E-state index >= 15 is 0 Å². The van der Waals surface area contributed by atoms with Crippen molar-refractivity contribution in [1.82, 2.24) is 10.2 Å². The lowest BCUT2D eigenvalue weighted by atomic mass is 9.93. The molecule has 0 bridgehead atoms. The largest absolute Gasteiger partial charge is 0.319 e. The Morgan fingerprint density at radius 2 is 2.17 bits per heavy atom. The summed E-state index contributed by atoms with van der Waals surface area (Å²) in [6.07, 6.45) is 1.02. The standard InChI is InChI=1S/C14H20F2N2/c1-3-18-7-6-10(9-17-2)14(18)12-8-11(15)4-5-13(12)16/h4-5,8,10,14,17H,3,6-7,9H2,1-2H3. The summed E-state index contributed by atoms with van der Waals surface area (Å²) in [5.41, 5.74) is 0.495. The van der Waals surface area contributed by atoms with Crippen LogP contribution >= 0.6 is 0 Å². The van der Waals surface area contributed by atoms with E-state index in [0.29, 0.717) is 11.5 Å². The van der Waals surface area contributed by atoms with Gasteiger partial charge in [0.05, 0.1) is 0 Å². The number of hydrogen-bond donors (Lipinski definition) is 1. The Labute approximate surface area is 107 Å². The van der Waals surface area contributed by atoms with Crippen LogP contribution in [0.2, 0.25) is 0 Å². The SMILES string of the molecule is CCN1CCC(CNC)C1c1cc(F)ccc1F. The minimum atomic E-state index is -0.363. The molecular formula is C14H20F2N2. The van der Waals surface area contributed by atoms with Crippen LogP contribution < -0.4 is 5.32 Å². The van der Waals surface area contributed by atoms with E-state index in [1.165, 1.54) is 18.2 Å². The number of nitrogens with zero attached hydrogens (tertiary/aromatic N) is 1. The molecule has 0 radical (unpaired) electrons. The molecule has 1 aromatic rings. The van der Waals surface area contributed by atoms with Crippen LogP contribution in [0.25, 0.3) is 0 Å². The zero-order chi connectivity index (χ0) is 13.1. The number of hydrogen-bond acceptors (Lipinski definition) is 2. The second-order valence-electron chi connectivity index (χ2n) is 4.85. The average Bonchev–Trinajstić information content (AvgIpc) is 2.75. The van der Waals surface area contributed by atoms with Gasteiger partial charge in [-0.2, -0.15) is 0 Å². The zero-order valence-corrected chi connectivity index (χ0v) is 10.9. The van der Waals surface area contributed by atoms with Crippen LogP contribution in [-0.4, -0.2) is 31.6 Å². The van der Waals surface area contributed by atoms with Gasteiger partial charge in [0.25, 0.3) is 0 Å². The lowest BCUT2D eigenvalue weighted by Gasteiger charge is -2.28. The lowest BCUT2D eigenvalue weighted by molar-refractivity contribution is 0.232. The summed E-state index contributed by atoms with van der Waals surface area (Å²) in [4.78, 5) is 2.22. The smallest absolute Gasteiger partial charge is 0.128 e. The number of halogens is 2. The molecule has 0 amide bonds. The van der Waals surface area contributed by atoms with E-state index in [4.69, 9.17) is 0 Å². The molecular weight excluding hydrogens is 234 g/mol. The van der Waals surface area contributed by atoms with Crippen molar-refractivity contribution in [3.05, 3.63) is 35.4 Å². The lowest BCUT2D eigenvalue weighted by Crippen LogP contribution is -2.29. The van der Waals surface area contributed by atoms with Gasteiger partial charge in [-0.05, 0) is 57.2 Å². The van der Waals surface area contributed by atoms with Crippen LogP contribution in [0.1, 0.15) is 24.9 Å². The minimum absolute atomic E-state index is 0.0156. The third kappa shape index (κ3) is 2.54. The van der Waals surface area contributed by atoms with E-state index in [-0.39, 0.29) is 17.7 Å². The topological polar surface area (TPSA) is 15.3 Å². The predicted octanol–water partition coefficient (Wildman–Crippen LogP) is 2.57. The van der Waals surface area contributed by atoms with Crippen LogP contribution in [-0.2, 0) is 0 Å². The molecule has 2 nitrogen and oxygen atoms in total. The van der Waals surface area contributed by atoms with Gasteiger partial charge in [0, 0.05) is 11.6 Å². The molecule has 0 saturated carbocycles. The normalized spacial score (nSPS) is 24.7. The summed E-state index contributed by atoms with van der Waals surface area (Å²) in [6, 6.07) is 3.74. The quantitative estimate of drug-likeness (QED) is 0.888. The van der Waals surface area contributed by atoms with Gasteiger partial charge in [0.2, 0.25) is 0 Å². The van der Waals surface area contributed by atoms with Crippen LogP contribution in [0.5, 0.6) is 0 Å². The molecule has 1 aromatic carbocycles. The van der Waals surface area contributed by atoms with Gasteiger partial charge in [-0.1, -0.05) is 6.92 Å². The van der Waals surface area contributed by atoms with Crippen molar-refractivity contribution in [3.8, 4) is 0 Å². The molecule has 100 valence electrons. The Morgan fingerprint density at radius 1 is 1.39 bits per heavy atom. The van der Waals surface area contributed by atoms with Gasteiger partial charge in [-0.3, -0.25) is 4.90 Å². The molecule has 1 N–H and O–H groups in total. The molecule has 0 spiro atoms. The van der Waals surface area contributed by atoms with Crippen molar-refractivity contribution in [1.29, 1.82) is 0 Å². The highest BCUT2D eigenvalue weighted by Crippen LogP contribution is 2.37. The first-order valence-electron chi connectivity index (χ1n) is 6.51. The second kappa shape index (κ2) is 5.76. The number of nitrogens with one attached hydrogen (secondary N) is 1. The maximum Gasteiger partial charge on any atom is 0.128 e. The first kappa shape index (κ1) is 13.4. The Balaban J connectivity index is 2.33. The van der Waals surface area contributed by atoms with Gasteiger partial charge in [0.15, 0.2) is 0 Å². The maximum atomic E-state index is 13.9. The summed E-state index contributed by atoms with van der Waals surface area (Å²) >= 11 is 0. The Morgan fingerprint density at radius 3 is 2.83 bits per heavy atom. The van der Waals surface area contributed by atoms with E-state index in [1.54, 1.807) is 0 Å². The van der Waals surface area contributed by atoms with Crippen LogP contribution in [0, 0.1) is 17.6 Å². The van der Waals surface area contributed by atoms with Crippen LogP contribution in [0.15, 0.2) is 18.2 Å². The highest BCUT2D eigenvalue weighted by Gasteiger charge is 2.35. The van der Waals surface area contributed by atoms with Gasteiger partial charge in [-0.15, -0.1) is 0 Å². The van der Waals surface area contributed by atoms with E-state index in [0.717, 1.165) is 26.1 Å². The number of rotatable bonds is 4. The van der Waals surface area contributed by atoms with E-state index < -0.39 is 0 Å². The molecule has 1 saturated heterocycles. The van der Waals surface area contributed by atoms with Crippen molar-refractivity contribution in [2.75, 3.05) is 26.7 Å². The molecule has 2 atom stereocenters.